The molecule has 0 unspecified atom stereocenters. The van der Waals surface area contributed by atoms with Crippen molar-refractivity contribution >= 4 is 11.8 Å². The molecular formula is C28H40O4. The maximum absolute atomic E-state index is 12.9. The largest absolute Gasteiger partial charge is 0.495 e. The second-order valence-corrected chi connectivity index (χ2v) is 11.8. The van der Waals surface area contributed by atoms with E-state index in [0.29, 0.717) is 30.3 Å². The fourth-order valence-electron chi connectivity index (χ4n) is 8.67. The maximum atomic E-state index is 12.9. The Morgan fingerprint density at radius 1 is 0.969 bits per heavy atom. The van der Waals surface area contributed by atoms with Gasteiger partial charge in [0.2, 0.25) is 0 Å². The fraction of sp³-hybridized carbons (Fsp3) is 0.786. The molecule has 176 valence electrons. The zero-order valence-corrected chi connectivity index (χ0v) is 20.4. The number of allylic oxidation sites excluding steroid dienone is 4. The standard InChI is InChI=1S/C28H40O4/c1-18(29)28(32-19(2)30)16-13-25-23-10-9-20-17-22(31-21-7-5-6-8-21)11-14-26(20,3)24(23)12-15-27(25,28)4/h9,17,21,23-25H,5-8,10-16H2,1-4H3/t23-,24+,25+,26+,27+,28+/m0/s1. The van der Waals surface area contributed by atoms with E-state index in [9.17, 15) is 9.59 Å². The van der Waals surface area contributed by atoms with Crippen LogP contribution in [0.3, 0.4) is 0 Å². The Morgan fingerprint density at radius 3 is 2.38 bits per heavy atom. The number of rotatable bonds is 4. The molecule has 0 aromatic heterocycles. The molecule has 0 radical (unpaired) electrons. The van der Waals surface area contributed by atoms with Crippen molar-refractivity contribution in [2.24, 2.45) is 28.6 Å². The van der Waals surface area contributed by atoms with Crippen molar-refractivity contribution in [3.63, 3.8) is 0 Å². The van der Waals surface area contributed by atoms with E-state index >= 15 is 0 Å². The van der Waals surface area contributed by atoms with Crippen molar-refractivity contribution < 1.29 is 19.1 Å². The van der Waals surface area contributed by atoms with Crippen LogP contribution < -0.4 is 0 Å². The first-order chi connectivity index (χ1) is 15.2. The summed E-state index contributed by atoms with van der Waals surface area (Å²) in [6.45, 7) is 7.78. The van der Waals surface area contributed by atoms with Gasteiger partial charge in [-0.1, -0.05) is 19.9 Å². The maximum Gasteiger partial charge on any atom is 0.303 e. The summed E-state index contributed by atoms with van der Waals surface area (Å²) in [5.41, 5.74) is 0.482. The van der Waals surface area contributed by atoms with Gasteiger partial charge in [0.25, 0.3) is 0 Å². The summed E-state index contributed by atoms with van der Waals surface area (Å²) >= 11 is 0. The zero-order chi connectivity index (χ0) is 22.7. The number of esters is 1. The van der Waals surface area contributed by atoms with E-state index in [-0.39, 0.29) is 22.6 Å². The number of hydrogen-bond acceptors (Lipinski definition) is 4. The van der Waals surface area contributed by atoms with E-state index in [0.717, 1.165) is 38.5 Å². The van der Waals surface area contributed by atoms with Gasteiger partial charge in [0.05, 0.1) is 11.9 Å². The van der Waals surface area contributed by atoms with Gasteiger partial charge >= 0.3 is 5.97 Å². The lowest BCUT2D eigenvalue weighted by molar-refractivity contribution is -0.186. The normalized spacial score (nSPS) is 43.4. The highest BCUT2D eigenvalue weighted by Crippen LogP contribution is 2.67. The molecule has 0 aromatic rings. The molecule has 0 aromatic carbocycles. The number of carbonyl (C=O) groups is 2. The van der Waals surface area contributed by atoms with Gasteiger partial charge in [0.15, 0.2) is 11.4 Å². The molecule has 0 spiro atoms. The van der Waals surface area contributed by atoms with Gasteiger partial charge in [-0.05, 0) is 106 Å². The quantitative estimate of drug-likeness (QED) is 0.482. The third-order valence-corrected chi connectivity index (χ3v) is 10.4. The molecule has 6 atom stereocenters. The first-order valence-corrected chi connectivity index (χ1v) is 13.0. The molecule has 32 heavy (non-hydrogen) atoms. The lowest BCUT2D eigenvalue weighted by Crippen LogP contribution is -2.58. The van der Waals surface area contributed by atoms with Crippen molar-refractivity contribution in [1.29, 1.82) is 0 Å². The van der Waals surface area contributed by atoms with Crippen molar-refractivity contribution in [3.8, 4) is 0 Å². The SMILES string of the molecule is CC(=O)O[C@@]1(C(C)=O)CC[C@@H]2[C@H]3CC=C4C=C(OC5CCCC5)CC[C@@]4(C)[C@@H]3CC[C@]21C. The van der Waals surface area contributed by atoms with Crippen LogP contribution in [0, 0.1) is 28.6 Å². The number of fused-ring (bicyclic) bond motifs is 5. The third kappa shape index (κ3) is 3.15. The number of carbonyl (C=O) groups excluding carboxylic acids is 2. The van der Waals surface area contributed by atoms with Gasteiger partial charge in [0, 0.05) is 18.8 Å². The van der Waals surface area contributed by atoms with Gasteiger partial charge in [-0.15, -0.1) is 0 Å². The highest BCUT2D eigenvalue weighted by Gasteiger charge is 2.67. The summed E-state index contributed by atoms with van der Waals surface area (Å²) in [6, 6.07) is 0. The second-order valence-electron chi connectivity index (χ2n) is 11.8. The molecule has 5 aliphatic rings. The number of ketones is 1. The molecule has 4 nitrogen and oxygen atoms in total. The van der Waals surface area contributed by atoms with Gasteiger partial charge in [-0.3, -0.25) is 9.59 Å². The summed E-state index contributed by atoms with van der Waals surface area (Å²) < 4.78 is 12.3. The van der Waals surface area contributed by atoms with Crippen LogP contribution in [0.25, 0.3) is 0 Å². The van der Waals surface area contributed by atoms with Crippen LogP contribution in [0.4, 0.5) is 0 Å². The summed E-state index contributed by atoms with van der Waals surface area (Å²) in [4.78, 5) is 24.9. The van der Waals surface area contributed by atoms with Gasteiger partial charge in [-0.2, -0.15) is 0 Å². The smallest absolute Gasteiger partial charge is 0.303 e. The monoisotopic (exact) mass is 440 g/mol. The average molecular weight is 441 g/mol. The molecule has 0 saturated heterocycles. The summed E-state index contributed by atoms with van der Waals surface area (Å²) in [5, 5.41) is 0. The number of hydrogen-bond donors (Lipinski definition) is 0. The molecule has 5 aliphatic carbocycles. The van der Waals surface area contributed by atoms with E-state index in [1.807, 2.05) is 0 Å². The van der Waals surface area contributed by atoms with Crippen LogP contribution in [0.1, 0.15) is 98.3 Å². The molecule has 4 heteroatoms. The lowest BCUT2D eigenvalue weighted by Gasteiger charge is -2.58. The van der Waals surface area contributed by atoms with Crippen LogP contribution in [0.5, 0.6) is 0 Å². The minimum absolute atomic E-state index is 0.0312. The topological polar surface area (TPSA) is 52.6 Å². The second kappa shape index (κ2) is 7.74. The van der Waals surface area contributed by atoms with Crippen LogP contribution >= 0.6 is 0 Å². The van der Waals surface area contributed by atoms with Crippen molar-refractivity contribution in [1.82, 2.24) is 0 Å². The number of Topliss-reactive ketones (excluding diaryl/α,β-unsaturated/α-hetero) is 1. The van der Waals surface area contributed by atoms with Crippen molar-refractivity contribution in [2.75, 3.05) is 0 Å². The molecule has 0 aliphatic heterocycles. The highest BCUT2D eigenvalue weighted by atomic mass is 16.6. The highest BCUT2D eigenvalue weighted by molar-refractivity contribution is 5.89. The summed E-state index contributed by atoms with van der Waals surface area (Å²) in [6.07, 6.45) is 17.3. The summed E-state index contributed by atoms with van der Waals surface area (Å²) in [7, 11) is 0. The fourth-order valence-corrected chi connectivity index (χ4v) is 8.67. The minimum atomic E-state index is -0.936. The van der Waals surface area contributed by atoms with E-state index < -0.39 is 5.60 Å². The molecule has 3 fully saturated rings. The molecule has 0 N–H and O–H groups in total. The Bertz CT molecular complexity index is 865. The molecule has 3 saturated carbocycles. The predicted molar refractivity (Wildman–Crippen MR) is 124 cm³/mol. The zero-order valence-electron chi connectivity index (χ0n) is 20.4. The van der Waals surface area contributed by atoms with Crippen molar-refractivity contribution in [2.45, 2.75) is 110 Å². The van der Waals surface area contributed by atoms with Crippen molar-refractivity contribution in [3.05, 3.63) is 23.5 Å². The Morgan fingerprint density at radius 2 is 1.69 bits per heavy atom. The average Bonchev–Trinajstić information content (AvgIpc) is 3.34. The molecule has 5 rings (SSSR count). The minimum Gasteiger partial charge on any atom is -0.495 e. The van der Waals surface area contributed by atoms with Crippen LogP contribution in [-0.4, -0.2) is 23.5 Å². The molecule has 0 heterocycles. The van der Waals surface area contributed by atoms with Crippen LogP contribution in [-0.2, 0) is 19.1 Å². The van der Waals surface area contributed by atoms with E-state index in [4.69, 9.17) is 9.47 Å². The Balaban J connectivity index is 1.42. The van der Waals surface area contributed by atoms with Gasteiger partial charge in [0.1, 0.15) is 0 Å². The molecule has 0 bridgehead atoms. The summed E-state index contributed by atoms with van der Waals surface area (Å²) in [5.74, 6) is 2.53. The van der Waals surface area contributed by atoms with Crippen LogP contribution in [0.2, 0.25) is 0 Å². The lowest BCUT2D eigenvalue weighted by atomic mass is 9.47. The third-order valence-electron chi connectivity index (χ3n) is 10.4. The van der Waals surface area contributed by atoms with E-state index in [1.165, 1.54) is 43.9 Å². The van der Waals surface area contributed by atoms with E-state index in [2.05, 4.69) is 26.0 Å². The van der Waals surface area contributed by atoms with Gasteiger partial charge in [-0.25, -0.2) is 0 Å². The van der Waals surface area contributed by atoms with Gasteiger partial charge < -0.3 is 9.47 Å². The molecule has 0 amide bonds. The van der Waals surface area contributed by atoms with Crippen LogP contribution in [0.15, 0.2) is 23.5 Å². The van der Waals surface area contributed by atoms with E-state index in [1.54, 1.807) is 6.92 Å². The molecular weight excluding hydrogens is 400 g/mol. The first-order valence-electron chi connectivity index (χ1n) is 13.0. The first kappa shape index (κ1) is 22.2. The Labute approximate surface area is 193 Å². The Hall–Kier alpha value is -1.58. The predicted octanol–water partition coefficient (Wildman–Crippen LogP) is 6.29. The Kier molecular flexibility index (Phi) is 5.37. The number of ether oxygens (including phenoxy) is 2.